The summed E-state index contributed by atoms with van der Waals surface area (Å²) in [6.45, 7) is 0.314. The van der Waals surface area contributed by atoms with Crippen LogP contribution in [0.4, 0.5) is 4.79 Å². The van der Waals surface area contributed by atoms with Crippen molar-refractivity contribution in [3.05, 3.63) is 0 Å². The van der Waals surface area contributed by atoms with Crippen molar-refractivity contribution in [3.63, 3.8) is 0 Å². The third-order valence-electron chi connectivity index (χ3n) is 3.66. The first-order chi connectivity index (χ1) is 8.11. The van der Waals surface area contributed by atoms with Crippen LogP contribution < -0.4 is 10.6 Å². The van der Waals surface area contributed by atoms with Crippen molar-refractivity contribution in [1.82, 2.24) is 15.5 Å². The molecule has 1 unspecified atom stereocenters. The number of piperidine rings is 1. The molecule has 96 valence electrons. The summed E-state index contributed by atoms with van der Waals surface area (Å²) in [5.41, 5.74) is 0. The third kappa shape index (κ3) is 2.52. The van der Waals surface area contributed by atoms with E-state index in [1.54, 1.807) is 11.9 Å². The van der Waals surface area contributed by atoms with Gasteiger partial charge in [0.2, 0.25) is 5.91 Å². The molecule has 2 rings (SSSR count). The number of rotatable bonds is 3. The van der Waals surface area contributed by atoms with Crippen LogP contribution in [0.25, 0.3) is 0 Å². The summed E-state index contributed by atoms with van der Waals surface area (Å²) >= 11 is 0. The number of hydrogen-bond acceptors (Lipinski definition) is 3. The van der Waals surface area contributed by atoms with E-state index in [1.165, 1.54) is 0 Å². The third-order valence-corrected chi connectivity index (χ3v) is 3.66. The van der Waals surface area contributed by atoms with Gasteiger partial charge in [0.25, 0.3) is 0 Å². The topological polar surface area (TPSA) is 81.7 Å². The van der Waals surface area contributed by atoms with Crippen molar-refractivity contribution in [1.29, 1.82) is 0 Å². The van der Waals surface area contributed by atoms with E-state index in [4.69, 9.17) is 5.11 Å². The first-order valence-electron chi connectivity index (χ1n) is 6.07. The summed E-state index contributed by atoms with van der Waals surface area (Å²) in [6.07, 6.45) is 2.53. The Morgan fingerprint density at radius 1 is 1.29 bits per heavy atom. The van der Waals surface area contributed by atoms with Crippen LogP contribution in [0.1, 0.15) is 25.7 Å². The van der Waals surface area contributed by atoms with E-state index < -0.39 is 6.09 Å². The fourth-order valence-corrected chi connectivity index (χ4v) is 3.05. The molecular weight excluding hydrogens is 222 g/mol. The fraction of sp³-hybridized carbons (Fsp3) is 0.818. The molecule has 0 aliphatic carbocycles. The lowest BCUT2D eigenvalue weighted by atomic mass is 9.98. The largest absolute Gasteiger partial charge is 0.465 e. The molecule has 6 nitrogen and oxygen atoms in total. The number of carbonyl (C=O) groups excluding carboxylic acids is 1. The summed E-state index contributed by atoms with van der Waals surface area (Å²) in [5.74, 6) is -0.0133. The normalized spacial score (nSPS) is 31.4. The zero-order valence-electron chi connectivity index (χ0n) is 9.98. The van der Waals surface area contributed by atoms with Crippen LogP contribution >= 0.6 is 0 Å². The highest BCUT2D eigenvalue weighted by atomic mass is 16.4. The summed E-state index contributed by atoms with van der Waals surface area (Å²) in [4.78, 5) is 24.1. The summed E-state index contributed by atoms with van der Waals surface area (Å²) in [5, 5.41) is 14.9. The van der Waals surface area contributed by atoms with E-state index in [2.05, 4.69) is 10.6 Å². The first kappa shape index (κ1) is 12.2. The molecule has 17 heavy (non-hydrogen) atoms. The van der Waals surface area contributed by atoms with Gasteiger partial charge in [-0.25, -0.2) is 4.79 Å². The second-order valence-electron chi connectivity index (χ2n) is 4.84. The van der Waals surface area contributed by atoms with Crippen LogP contribution in [0.3, 0.4) is 0 Å². The van der Waals surface area contributed by atoms with Gasteiger partial charge in [0.15, 0.2) is 0 Å². The van der Waals surface area contributed by atoms with Crippen LogP contribution in [0.2, 0.25) is 0 Å². The molecule has 2 fully saturated rings. The van der Waals surface area contributed by atoms with Crippen LogP contribution in [0.5, 0.6) is 0 Å². The number of nitrogens with zero attached hydrogens (tertiary/aromatic N) is 1. The Kier molecular flexibility index (Phi) is 3.51. The molecule has 0 spiro atoms. The molecule has 3 atom stereocenters. The number of amides is 2. The minimum atomic E-state index is -0.822. The molecule has 2 amide bonds. The molecule has 2 heterocycles. The quantitative estimate of drug-likeness (QED) is 0.649. The van der Waals surface area contributed by atoms with Crippen LogP contribution in [-0.2, 0) is 4.79 Å². The standard InChI is InChI=1S/C11H19N3O3/c1-12-6-10(15)13-7-4-8-2-3-9(5-7)14(8)11(16)17/h7-9,12H,2-6H2,1H3,(H,13,15)(H,16,17)/t7?,8-,9+. The van der Waals surface area contributed by atoms with Crippen LogP contribution in [0, 0.1) is 0 Å². The zero-order chi connectivity index (χ0) is 12.4. The van der Waals surface area contributed by atoms with Crippen molar-refractivity contribution >= 4 is 12.0 Å². The van der Waals surface area contributed by atoms with E-state index >= 15 is 0 Å². The van der Waals surface area contributed by atoms with E-state index in [0.717, 1.165) is 25.7 Å². The van der Waals surface area contributed by atoms with Gasteiger partial charge in [-0.1, -0.05) is 0 Å². The highest BCUT2D eigenvalue weighted by Gasteiger charge is 2.43. The van der Waals surface area contributed by atoms with E-state index in [9.17, 15) is 9.59 Å². The van der Waals surface area contributed by atoms with E-state index in [1.807, 2.05) is 0 Å². The summed E-state index contributed by atoms with van der Waals surface area (Å²) in [6, 6.07) is 0.307. The van der Waals surface area contributed by atoms with Gasteiger partial charge in [-0.3, -0.25) is 4.79 Å². The van der Waals surface area contributed by atoms with Gasteiger partial charge in [-0.2, -0.15) is 0 Å². The molecule has 2 aliphatic heterocycles. The van der Waals surface area contributed by atoms with Gasteiger partial charge in [-0.05, 0) is 32.7 Å². The Bertz CT molecular complexity index is 307. The fourth-order valence-electron chi connectivity index (χ4n) is 3.05. The maximum absolute atomic E-state index is 11.5. The Hall–Kier alpha value is -1.30. The van der Waals surface area contributed by atoms with Crippen molar-refractivity contribution in [2.45, 2.75) is 43.8 Å². The van der Waals surface area contributed by atoms with Gasteiger partial charge >= 0.3 is 6.09 Å². The van der Waals surface area contributed by atoms with Crippen molar-refractivity contribution < 1.29 is 14.7 Å². The Morgan fingerprint density at radius 3 is 2.35 bits per heavy atom. The lowest BCUT2D eigenvalue weighted by Gasteiger charge is -2.37. The average Bonchev–Trinajstić information content (AvgIpc) is 2.51. The lowest BCUT2D eigenvalue weighted by molar-refractivity contribution is -0.121. The predicted molar refractivity (Wildman–Crippen MR) is 61.8 cm³/mol. The van der Waals surface area contributed by atoms with Crippen molar-refractivity contribution in [3.8, 4) is 0 Å². The number of carbonyl (C=O) groups is 2. The van der Waals surface area contributed by atoms with Gasteiger partial charge in [0, 0.05) is 18.1 Å². The van der Waals surface area contributed by atoms with E-state index in [0.29, 0.717) is 6.54 Å². The molecule has 6 heteroatoms. The molecule has 0 radical (unpaired) electrons. The van der Waals surface area contributed by atoms with Gasteiger partial charge in [-0.15, -0.1) is 0 Å². The summed E-state index contributed by atoms with van der Waals surface area (Å²) < 4.78 is 0. The monoisotopic (exact) mass is 241 g/mol. The molecule has 2 bridgehead atoms. The van der Waals surface area contributed by atoms with E-state index in [-0.39, 0.29) is 24.0 Å². The highest BCUT2D eigenvalue weighted by Crippen LogP contribution is 2.35. The molecule has 2 aliphatic rings. The van der Waals surface area contributed by atoms with Crippen molar-refractivity contribution in [2.24, 2.45) is 0 Å². The number of hydrogen-bond donors (Lipinski definition) is 3. The number of likely N-dealkylation sites (N-methyl/N-ethyl adjacent to an activating group) is 1. The van der Waals surface area contributed by atoms with Crippen LogP contribution in [-0.4, -0.2) is 53.7 Å². The molecule has 2 saturated heterocycles. The molecule has 3 N–H and O–H groups in total. The predicted octanol–water partition coefficient (Wildman–Crippen LogP) is -0.00460. The molecule has 0 aromatic heterocycles. The Balaban J connectivity index is 1.91. The van der Waals surface area contributed by atoms with Gasteiger partial charge < -0.3 is 20.6 Å². The minimum Gasteiger partial charge on any atom is -0.465 e. The number of nitrogens with one attached hydrogen (secondary N) is 2. The second kappa shape index (κ2) is 4.91. The maximum Gasteiger partial charge on any atom is 0.407 e. The maximum atomic E-state index is 11.5. The molecule has 0 aromatic carbocycles. The second-order valence-corrected chi connectivity index (χ2v) is 4.84. The van der Waals surface area contributed by atoms with Gasteiger partial charge in [0.1, 0.15) is 0 Å². The molecule has 0 aromatic rings. The smallest absolute Gasteiger partial charge is 0.407 e. The first-order valence-corrected chi connectivity index (χ1v) is 6.07. The lowest BCUT2D eigenvalue weighted by Crippen LogP contribution is -2.52. The van der Waals surface area contributed by atoms with Crippen molar-refractivity contribution in [2.75, 3.05) is 13.6 Å². The molecular formula is C11H19N3O3. The Morgan fingerprint density at radius 2 is 1.88 bits per heavy atom. The summed E-state index contributed by atoms with van der Waals surface area (Å²) in [7, 11) is 1.73. The highest BCUT2D eigenvalue weighted by molar-refractivity contribution is 5.78. The van der Waals surface area contributed by atoms with Crippen LogP contribution in [0.15, 0.2) is 0 Å². The zero-order valence-corrected chi connectivity index (χ0v) is 9.98. The van der Waals surface area contributed by atoms with Gasteiger partial charge in [0.05, 0.1) is 6.54 Å². The molecule has 0 saturated carbocycles. The number of carboxylic acid groups (broad SMARTS) is 1. The minimum absolute atomic E-state index is 0.0133. The SMILES string of the molecule is CNCC(=O)NC1C[C@H]2CC[C@@H](C1)N2C(=O)O. The Labute approximate surface area is 100 Å². The number of fused-ring (bicyclic) bond motifs is 2. The average molecular weight is 241 g/mol.